The lowest BCUT2D eigenvalue weighted by Gasteiger charge is -2.12. The summed E-state index contributed by atoms with van der Waals surface area (Å²) in [6, 6.07) is 7.43. The topological polar surface area (TPSA) is 82.3 Å². The van der Waals surface area contributed by atoms with Gasteiger partial charge in [0.2, 0.25) is 5.91 Å². The van der Waals surface area contributed by atoms with Gasteiger partial charge in [-0.05, 0) is 38.1 Å². The van der Waals surface area contributed by atoms with Crippen molar-refractivity contribution in [2.45, 2.75) is 26.3 Å². The van der Waals surface area contributed by atoms with Crippen LogP contribution in [0.25, 0.3) is 0 Å². The molecule has 0 saturated heterocycles. The van der Waals surface area contributed by atoms with E-state index in [-0.39, 0.29) is 18.5 Å². The summed E-state index contributed by atoms with van der Waals surface area (Å²) in [5, 5.41) is 11.0. The fourth-order valence-electron chi connectivity index (χ4n) is 1.68. The van der Waals surface area contributed by atoms with Crippen molar-refractivity contribution < 1.29 is 9.59 Å². The number of nitrogens with one attached hydrogen (secondary N) is 4. The Balaban J connectivity index is 2.39. The third kappa shape index (κ3) is 6.27. The minimum Gasteiger partial charge on any atom is -0.355 e. The van der Waals surface area contributed by atoms with Crippen LogP contribution >= 0.6 is 0 Å². The first-order valence-electron chi connectivity index (χ1n) is 7.15. The first-order valence-corrected chi connectivity index (χ1v) is 7.15. The summed E-state index contributed by atoms with van der Waals surface area (Å²) in [5.74, 6) is -0.190. The molecule has 116 valence electrons. The Hall–Kier alpha value is -2.08. The van der Waals surface area contributed by atoms with Gasteiger partial charge in [0.1, 0.15) is 0 Å². The number of anilines is 1. The van der Waals surface area contributed by atoms with Crippen LogP contribution in [-0.4, -0.2) is 32.1 Å². The molecule has 4 N–H and O–H groups in total. The van der Waals surface area contributed by atoms with E-state index in [9.17, 15) is 9.59 Å². The highest BCUT2D eigenvalue weighted by Crippen LogP contribution is 2.15. The molecule has 0 aliphatic rings. The van der Waals surface area contributed by atoms with Crippen molar-refractivity contribution in [3.8, 4) is 0 Å². The molecule has 0 radical (unpaired) electrons. The number of benzene rings is 1. The van der Waals surface area contributed by atoms with Gasteiger partial charge in [0.25, 0.3) is 0 Å². The predicted octanol–water partition coefficient (Wildman–Crippen LogP) is 1.61. The molecule has 21 heavy (non-hydrogen) atoms. The van der Waals surface area contributed by atoms with Crippen molar-refractivity contribution in [1.82, 2.24) is 16.0 Å². The summed E-state index contributed by atoms with van der Waals surface area (Å²) in [6.45, 7) is 4.62. The molecule has 0 heterocycles. The Bertz CT molecular complexity index is 459. The molecule has 6 nitrogen and oxygen atoms in total. The van der Waals surface area contributed by atoms with Crippen LogP contribution in [0.15, 0.2) is 24.3 Å². The third-order valence-electron chi connectivity index (χ3n) is 3.08. The van der Waals surface area contributed by atoms with Gasteiger partial charge in [0.05, 0.1) is 6.54 Å². The van der Waals surface area contributed by atoms with Crippen LogP contribution in [0, 0.1) is 0 Å². The van der Waals surface area contributed by atoms with Gasteiger partial charge in [0, 0.05) is 18.3 Å². The molecule has 1 aromatic carbocycles. The van der Waals surface area contributed by atoms with Crippen LogP contribution in [0.4, 0.5) is 10.5 Å². The molecule has 1 unspecified atom stereocenters. The van der Waals surface area contributed by atoms with Gasteiger partial charge in [-0.3, -0.25) is 4.79 Å². The van der Waals surface area contributed by atoms with Gasteiger partial charge < -0.3 is 21.3 Å². The van der Waals surface area contributed by atoms with E-state index in [0.29, 0.717) is 12.2 Å². The first-order chi connectivity index (χ1) is 10.1. The summed E-state index contributed by atoms with van der Waals surface area (Å²) in [5.41, 5.74) is 1.83. The van der Waals surface area contributed by atoms with Crippen LogP contribution in [-0.2, 0) is 4.79 Å². The molecule has 0 aromatic heterocycles. The SMILES string of the molecule is CCCNC(=O)CNC(=O)Nc1ccc(C(C)NC)cc1. The second-order valence-electron chi connectivity index (χ2n) is 4.79. The molecule has 3 amide bonds. The Kier molecular flexibility index (Phi) is 7.25. The highest BCUT2D eigenvalue weighted by molar-refractivity contribution is 5.92. The van der Waals surface area contributed by atoms with E-state index in [1.807, 2.05) is 38.2 Å². The second-order valence-corrected chi connectivity index (χ2v) is 4.79. The average Bonchev–Trinajstić information content (AvgIpc) is 2.50. The van der Waals surface area contributed by atoms with E-state index in [1.165, 1.54) is 0 Å². The lowest BCUT2D eigenvalue weighted by Crippen LogP contribution is -2.39. The summed E-state index contributed by atoms with van der Waals surface area (Å²) in [6.07, 6.45) is 0.870. The van der Waals surface area contributed by atoms with Crippen molar-refractivity contribution in [3.05, 3.63) is 29.8 Å². The maximum atomic E-state index is 11.7. The fourth-order valence-corrected chi connectivity index (χ4v) is 1.68. The molecule has 0 spiro atoms. The van der Waals surface area contributed by atoms with Crippen molar-refractivity contribution in [3.63, 3.8) is 0 Å². The Labute approximate surface area is 125 Å². The number of hydrogen-bond donors (Lipinski definition) is 4. The molecule has 0 bridgehead atoms. The Morgan fingerprint density at radius 3 is 2.38 bits per heavy atom. The molecule has 0 aliphatic heterocycles. The number of carbonyl (C=O) groups excluding carboxylic acids is 2. The van der Waals surface area contributed by atoms with Crippen LogP contribution in [0.1, 0.15) is 31.9 Å². The van der Waals surface area contributed by atoms with E-state index >= 15 is 0 Å². The normalized spacial score (nSPS) is 11.6. The highest BCUT2D eigenvalue weighted by Gasteiger charge is 2.06. The summed E-state index contributed by atoms with van der Waals surface area (Å²) in [4.78, 5) is 23.0. The predicted molar refractivity (Wildman–Crippen MR) is 84.2 cm³/mol. The molecule has 1 rings (SSSR count). The van der Waals surface area contributed by atoms with E-state index in [4.69, 9.17) is 0 Å². The van der Waals surface area contributed by atoms with Crippen molar-refractivity contribution in [1.29, 1.82) is 0 Å². The van der Waals surface area contributed by atoms with Crippen LogP contribution in [0.2, 0.25) is 0 Å². The Morgan fingerprint density at radius 2 is 1.81 bits per heavy atom. The van der Waals surface area contributed by atoms with Gasteiger partial charge in [0.15, 0.2) is 0 Å². The van der Waals surface area contributed by atoms with Crippen molar-refractivity contribution in [2.24, 2.45) is 0 Å². The Morgan fingerprint density at radius 1 is 1.14 bits per heavy atom. The van der Waals surface area contributed by atoms with E-state index in [1.54, 1.807) is 0 Å². The molecule has 1 atom stereocenters. The van der Waals surface area contributed by atoms with E-state index < -0.39 is 6.03 Å². The summed E-state index contributed by atoms with van der Waals surface area (Å²) in [7, 11) is 1.90. The largest absolute Gasteiger partial charge is 0.355 e. The maximum Gasteiger partial charge on any atom is 0.319 e. The molecular weight excluding hydrogens is 268 g/mol. The number of urea groups is 1. The zero-order valence-corrected chi connectivity index (χ0v) is 12.8. The van der Waals surface area contributed by atoms with Gasteiger partial charge in [-0.1, -0.05) is 19.1 Å². The quantitative estimate of drug-likeness (QED) is 0.616. The molecule has 6 heteroatoms. The zero-order valence-electron chi connectivity index (χ0n) is 12.8. The lowest BCUT2D eigenvalue weighted by molar-refractivity contribution is -0.120. The van der Waals surface area contributed by atoms with Crippen LogP contribution in [0.5, 0.6) is 0 Å². The van der Waals surface area contributed by atoms with Crippen molar-refractivity contribution in [2.75, 3.05) is 25.5 Å². The van der Waals surface area contributed by atoms with Gasteiger partial charge in [-0.25, -0.2) is 4.79 Å². The van der Waals surface area contributed by atoms with E-state index in [0.717, 1.165) is 12.0 Å². The third-order valence-corrected chi connectivity index (χ3v) is 3.08. The first kappa shape index (κ1) is 17.0. The number of hydrogen-bond acceptors (Lipinski definition) is 3. The lowest BCUT2D eigenvalue weighted by atomic mass is 10.1. The average molecular weight is 292 g/mol. The number of carbonyl (C=O) groups is 2. The van der Waals surface area contributed by atoms with Gasteiger partial charge >= 0.3 is 6.03 Å². The molecule has 0 saturated carbocycles. The highest BCUT2D eigenvalue weighted by atomic mass is 16.2. The summed E-state index contributed by atoms with van der Waals surface area (Å²) >= 11 is 0. The van der Waals surface area contributed by atoms with E-state index in [2.05, 4.69) is 28.2 Å². The smallest absolute Gasteiger partial charge is 0.319 e. The molecule has 1 aromatic rings. The van der Waals surface area contributed by atoms with Crippen molar-refractivity contribution >= 4 is 17.6 Å². The van der Waals surface area contributed by atoms with Crippen LogP contribution in [0.3, 0.4) is 0 Å². The summed E-state index contributed by atoms with van der Waals surface area (Å²) < 4.78 is 0. The fraction of sp³-hybridized carbons (Fsp3) is 0.467. The van der Waals surface area contributed by atoms with Crippen LogP contribution < -0.4 is 21.3 Å². The minimum absolute atomic E-state index is 0.0271. The molecule has 0 aliphatic carbocycles. The van der Waals surface area contributed by atoms with Gasteiger partial charge in [-0.15, -0.1) is 0 Å². The van der Waals surface area contributed by atoms with Gasteiger partial charge in [-0.2, -0.15) is 0 Å². The maximum absolute atomic E-state index is 11.7. The molecular formula is C15H24N4O2. The zero-order chi connectivity index (χ0) is 15.7. The second kappa shape index (κ2) is 8.97. The monoisotopic (exact) mass is 292 g/mol. The standard InChI is InChI=1S/C15H24N4O2/c1-4-9-17-14(20)10-18-15(21)19-13-7-5-12(6-8-13)11(2)16-3/h5-8,11,16H,4,9-10H2,1-3H3,(H,17,20)(H2,18,19,21). The number of amides is 3. The minimum atomic E-state index is -0.393. The molecule has 0 fully saturated rings. The number of rotatable bonds is 7.